The fourth-order valence-electron chi connectivity index (χ4n) is 2.83. The molecule has 0 aliphatic heterocycles. The second-order valence-corrected chi connectivity index (χ2v) is 7.69. The Hall–Kier alpha value is -2.29. The predicted octanol–water partition coefficient (Wildman–Crippen LogP) is 5.67. The van der Waals surface area contributed by atoms with Crippen molar-refractivity contribution in [1.82, 2.24) is 14.9 Å². The van der Waals surface area contributed by atoms with Crippen molar-refractivity contribution in [3.63, 3.8) is 0 Å². The van der Waals surface area contributed by atoms with Crippen molar-refractivity contribution < 1.29 is 13.9 Å². The third kappa shape index (κ3) is 5.24. The van der Waals surface area contributed by atoms with Gasteiger partial charge in [0.1, 0.15) is 12.4 Å². The highest BCUT2D eigenvalue weighted by molar-refractivity contribution is 7.71. The minimum atomic E-state index is -0.402. The fraction of sp³-hybridized carbons (Fsp3) is 0.300. The lowest BCUT2D eigenvalue weighted by Crippen LogP contribution is -2.18. The van der Waals surface area contributed by atoms with Gasteiger partial charge in [0.2, 0.25) is 4.77 Å². The summed E-state index contributed by atoms with van der Waals surface area (Å²) < 4.78 is 26.7. The van der Waals surface area contributed by atoms with Crippen LogP contribution in [0.2, 0.25) is 10.0 Å². The number of H-pyrrole nitrogens is 1. The molecule has 2 aromatic carbocycles. The summed E-state index contributed by atoms with van der Waals surface area (Å²) >= 11 is 17.8. The van der Waals surface area contributed by atoms with Crippen LogP contribution in [-0.2, 0) is 19.6 Å². The van der Waals surface area contributed by atoms with Crippen molar-refractivity contribution in [2.24, 2.45) is 0 Å². The van der Waals surface area contributed by atoms with E-state index in [0.29, 0.717) is 38.4 Å². The van der Waals surface area contributed by atoms with Gasteiger partial charge in [-0.1, -0.05) is 36.2 Å². The van der Waals surface area contributed by atoms with Crippen LogP contribution in [0.5, 0.6) is 11.5 Å². The Bertz CT molecular complexity index is 1090. The molecule has 0 unspecified atom stereocenters. The normalized spacial score (nSPS) is 10.8. The molecule has 2 N–H and O–H groups in total. The second-order valence-electron chi connectivity index (χ2n) is 6.48. The molecule has 0 saturated heterocycles. The SMILES string of the molecule is CCCc1n[nH]c(=S)n1NCc1cc(OC)c(OCc2ccc(F)cc2Cl)cc1Cl. The van der Waals surface area contributed by atoms with Gasteiger partial charge in [0.05, 0.1) is 18.7 Å². The van der Waals surface area contributed by atoms with Crippen LogP contribution >= 0.6 is 35.4 Å². The van der Waals surface area contributed by atoms with Gasteiger partial charge in [-0.15, -0.1) is 0 Å². The van der Waals surface area contributed by atoms with E-state index in [1.165, 1.54) is 12.1 Å². The Morgan fingerprint density at radius 1 is 1.17 bits per heavy atom. The third-order valence-electron chi connectivity index (χ3n) is 4.37. The highest BCUT2D eigenvalue weighted by Crippen LogP contribution is 2.34. The molecule has 160 valence electrons. The summed E-state index contributed by atoms with van der Waals surface area (Å²) in [5.74, 6) is 1.39. The van der Waals surface area contributed by atoms with Crippen LogP contribution in [0.3, 0.4) is 0 Å². The Morgan fingerprint density at radius 2 is 1.93 bits per heavy atom. The van der Waals surface area contributed by atoms with Gasteiger partial charge in [-0.25, -0.2) is 9.07 Å². The first kappa shape index (κ1) is 22.4. The number of methoxy groups -OCH3 is 1. The number of rotatable bonds is 9. The van der Waals surface area contributed by atoms with Gasteiger partial charge in [0.25, 0.3) is 0 Å². The number of nitrogens with zero attached hydrogens (tertiary/aromatic N) is 2. The number of aromatic amines is 1. The van der Waals surface area contributed by atoms with Crippen LogP contribution in [0.15, 0.2) is 30.3 Å². The first-order valence-electron chi connectivity index (χ1n) is 9.26. The molecule has 0 bridgehead atoms. The molecule has 6 nitrogen and oxygen atoms in total. The maximum absolute atomic E-state index is 13.2. The number of hydrogen-bond donors (Lipinski definition) is 2. The highest BCUT2D eigenvalue weighted by atomic mass is 35.5. The summed E-state index contributed by atoms with van der Waals surface area (Å²) in [6, 6.07) is 7.62. The summed E-state index contributed by atoms with van der Waals surface area (Å²) in [6.07, 6.45) is 1.73. The lowest BCUT2D eigenvalue weighted by molar-refractivity contribution is 0.284. The maximum atomic E-state index is 13.2. The zero-order valence-electron chi connectivity index (χ0n) is 16.5. The van der Waals surface area contributed by atoms with Crippen molar-refractivity contribution in [1.29, 1.82) is 0 Å². The summed E-state index contributed by atoms with van der Waals surface area (Å²) in [7, 11) is 1.55. The number of nitrogens with one attached hydrogen (secondary N) is 2. The monoisotopic (exact) mass is 470 g/mol. The van der Waals surface area contributed by atoms with Crippen LogP contribution in [0.4, 0.5) is 4.39 Å². The molecular formula is C20H21Cl2FN4O2S. The van der Waals surface area contributed by atoms with Gasteiger partial charge in [0.15, 0.2) is 17.3 Å². The number of benzene rings is 2. The van der Waals surface area contributed by atoms with Crippen molar-refractivity contribution in [2.75, 3.05) is 12.5 Å². The minimum Gasteiger partial charge on any atom is -0.493 e. The van der Waals surface area contributed by atoms with E-state index in [1.807, 2.05) is 0 Å². The molecule has 3 aromatic rings. The summed E-state index contributed by atoms with van der Waals surface area (Å²) in [5, 5.41) is 7.80. The van der Waals surface area contributed by atoms with E-state index in [1.54, 1.807) is 30.0 Å². The quantitative estimate of drug-likeness (QED) is 0.394. The molecule has 0 amide bonds. The third-order valence-corrected chi connectivity index (χ3v) is 5.35. The molecule has 0 atom stereocenters. The van der Waals surface area contributed by atoms with Crippen molar-refractivity contribution >= 4 is 35.4 Å². The Labute approximate surface area is 188 Å². The first-order chi connectivity index (χ1) is 14.4. The zero-order valence-corrected chi connectivity index (χ0v) is 18.8. The summed E-state index contributed by atoms with van der Waals surface area (Å²) in [4.78, 5) is 0. The van der Waals surface area contributed by atoms with Gasteiger partial charge >= 0.3 is 0 Å². The van der Waals surface area contributed by atoms with Crippen LogP contribution in [0.25, 0.3) is 0 Å². The number of aryl methyl sites for hydroxylation is 1. The average molecular weight is 471 g/mol. The Morgan fingerprint density at radius 3 is 2.63 bits per heavy atom. The molecule has 1 aromatic heterocycles. The molecule has 0 aliphatic rings. The molecule has 10 heteroatoms. The van der Waals surface area contributed by atoms with Crippen LogP contribution in [0.1, 0.15) is 30.3 Å². The van der Waals surface area contributed by atoms with Crippen molar-refractivity contribution in [3.05, 3.63) is 67.9 Å². The van der Waals surface area contributed by atoms with Gasteiger partial charge in [-0.3, -0.25) is 5.10 Å². The van der Waals surface area contributed by atoms with E-state index in [9.17, 15) is 4.39 Å². The minimum absolute atomic E-state index is 0.147. The van der Waals surface area contributed by atoms with E-state index < -0.39 is 5.82 Å². The highest BCUT2D eigenvalue weighted by Gasteiger charge is 2.13. The molecule has 0 radical (unpaired) electrons. The van der Waals surface area contributed by atoms with Crippen molar-refractivity contribution in [2.45, 2.75) is 32.9 Å². The first-order valence-corrected chi connectivity index (χ1v) is 10.4. The average Bonchev–Trinajstić information content (AvgIpc) is 3.06. The molecule has 0 aliphatic carbocycles. The molecule has 1 heterocycles. The van der Waals surface area contributed by atoms with Gasteiger partial charge in [0, 0.05) is 23.1 Å². The molecule has 0 fully saturated rings. The summed E-state index contributed by atoms with van der Waals surface area (Å²) in [5.41, 5.74) is 4.68. The van der Waals surface area contributed by atoms with Gasteiger partial charge in [-0.2, -0.15) is 5.10 Å². The van der Waals surface area contributed by atoms with Crippen molar-refractivity contribution in [3.8, 4) is 11.5 Å². The largest absolute Gasteiger partial charge is 0.493 e. The van der Waals surface area contributed by atoms with E-state index in [2.05, 4.69) is 22.5 Å². The molecule has 3 rings (SSSR count). The van der Waals surface area contributed by atoms with E-state index in [0.717, 1.165) is 24.2 Å². The van der Waals surface area contributed by atoms with Gasteiger partial charge in [-0.05, 0) is 42.4 Å². The lowest BCUT2D eigenvalue weighted by atomic mass is 10.2. The van der Waals surface area contributed by atoms with E-state index in [-0.39, 0.29) is 6.61 Å². The smallest absolute Gasteiger partial charge is 0.214 e. The summed E-state index contributed by atoms with van der Waals surface area (Å²) in [6.45, 7) is 2.62. The lowest BCUT2D eigenvalue weighted by Gasteiger charge is -2.16. The maximum Gasteiger partial charge on any atom is 0.214 e. The number of halogens is 3. The van der Waals surface area contributed by atoms with Crippen LogP contribution in [0, 0.1) is 10.6 Å². The number of ether oxygens (including phenoxy) is 2. The zero-order chi connectivity index (χ0) is 21.7. The molecule has 0 saturated carbocycles. The van der Waals surface area contributed by atoms with Crippen LogP contribution < -0.4 is 14.9 Å². The Balaban J connectivity index is 1.75. The molecule has 0 spiro atoms. The second kappa shape index (κ2) is 10.1. The predicted molar refractivity (Wildman–Crippen MR) is 118 cm³/mol. The fourth-order valence-corrected chi connectivity index (χ4v) is 3.49. The topological polar surface area (TPSA) is 64.1 Å². The number of hydrogen-bond acceptors (Lipinski definition) is 5. The molecule has 30 heavy (non-hydrogen) atoms. The van der Waals surface area contributed by atoms with E-state index >= 15 is 0 Å². The Kier molecular flexibility index (Phi) is 7.58. The number of aromatic nitrogens is 3. The molecular weight excluding hydrogens is 450 g/mol. The standard InChI is InChI=1S/C20H21Cl2FN4O2S/c1-3-4-19-25-26-20(30)27(19)24-10-13-7-17(28-2)18(9-16(13)22)29-11-12-5-6-14(23)8-15(12)21/h5-9,24H,3-4,10-11H2,1-2H3,(H,26,30). The van der Waals surface area contributed by atoms with Gasteiger partial charge < -0.3 is 14.9 Å². The van der Waals surface area contributed by atoms with Crippen LogP contribution in [-0.4, -0.2) is 22.0 Å². The van der Waals surface area contributed by atoms with E-state index in [4.69, 9.17) is 44.9 Å².